The molecule has 2 aromatic carbocycles. The molecule has 0 saturated carbocycles. The number of alkyl halides is 2. The number of nitrogens with one attached hydrogen (secondary N) is 1. The van der Waals surface area contributed by atoms with Crippen molar-refractivity contribution in [3.63, 3.8) is 0 Å². The predicted molar refractivity (Wildman–Crippen MR) is 92.9 cm³/mol. The molecule has 9 heteroatoms. The molecule has 0 fully saturated rings. The van der Waals surface area contributed by atoms with Gasteiger partial charge in [-0.2, -0.15) is 14.0 Å². The minimum atomic E-state index is -2.98. The summed E-state index contributed by atoms with van der Waals surface area (Å²) in [6, 6.07) is 11.9. The number of rotatable bonds is 8. The molecule has 0 radical (unpaired) electrons. The number of nitriles is 1. The largest absolute Gasteiger partial charge is 0.493 e. The summed E-state index contributed by atoms with van der Waals surface area (Å²) in [7, 11) is 1.30. The zero-order valence-electron chi connectivity index (χ0n) is 14.8. The molecule has 0 spiro atoms. The molecule has 0 aliphatic carbocycles. The van der Waals surface area contributed by atoms with Crippen LogP contribution in [-0.2, 0) is 16.1 Å². The molecule has 7 nitrogen and oxygen atoms in total. The van der Waals surface area contributed by atoms with Crippen molar-refractivity contribution in [1.29, 1.82) is 5.26 Å². The number of benzene rings is 2. The summed E-state index contributed by atoms with van der Waals surface area (Å²) in [6.07, 6.45) is 0. The molecule has 0 heterocycles. The van der Waals surface area contributed by atoms with Gasteiger partial charge < -0.3 is 19.5 Å². The Kier molecular flexibility index (Phi) is 7.28. The maximum Gasteiger partial charge on any atom is 0.387 e. The molecule has 0 aromatic heterocycles. The lowest BCUT2D eigenvalue weighted by molar-refractivity contribution is -0.124. The van der Waals surface area contributed by atoms with Gasteiger partial charge in [0.1, 0.15) is 0 Å². The Morgan fingerprint density at radius 3 is 2.46 bits per heavy atom. The molecule has 0 aliphatic heterocycles. The Balaban J connectivity index is 1.84. The van der Waals surface area contributed by atoms with Gasteiger partial charge in [-0.15, -0.1) is 0 Å². The normalized spacial score (nSPS) is 10.1. The lowest BCUT2D eigenvalue weighted by atomic mass is 10.1. The maximum absolute atomic E-state index is 12.3. The van der Waals surface area contributed by atoms with Crippen LogP contribution in [0.5, 0.6) is 11.5 Å². The van der Waals surface area contributed by atoms with Gasteiger partial charge in [0, 0.05) is 6.54 Å². The van der Waals surface area contributed by atoms with E-state index in [0.717, 1.165) is 0 Å². The van der Waals surface area contributed by atoms with Crippen molar-refractivity contribution in [1.82, 2.24) is 5.32 Å². The first-order chi connectivity index (χ1) is 13.4. The number of ether oxygens (including phenoxy) is 3. The quantitative estimate of drug-likeness (QED) is 0.696. The van der Waals surface area contributed by atoms with Gasteiger partial charge in [-0.3, -0.25) is 4.79 Å². The molecular formula is C19H16F2N2O5. The minimum absolute atomic E-state index is 0.0680. The van der Waals surface area contributed by atoms with Crippen LogP contribution in [-0.4, -0.2) is 32.2 Å². The van der Waals surface area contributed by atoms with Crippen molar-refractivity contribution in [2.24, 2.45) is 0 Å². The number of hydrogen-bond donors (Lipinski definition) is 1. The SMILES string of the molecule is COc1cc(CNC(=O)COC(=O)c2ccc(C#N)cc2)ccc1OC(F)F. The van der Waals surface area contributed by atoms with Crippen molar-refractivity contribution in [3.8, 4) is 17.6 Å². The monoisotopic (exact) mass is 390 g/mol. The van der Waals surface area contributed by atoms with Crippen LogP contribution >= 0.6 is 0 Å². The highest BCUT2D eigenvalue weighted by Gasteiger charge is 2.13. The van der Waals surface area contributed by atoms with Gasteiger partial charge in [0.25, 0.3) is 5.91 Å². The Labute approximate surface area is 159 Å². The van der Waals surface area contributed by atoms with Gasteiger partial charge in [0.15, 0.2) is 18.1 Å². The second kappa shape index (κ2) is 9.87. The molecule has 1 N–H and O–H groups in total. The lowest BCUT2D eigenvalue weighted by Crippen LogP contribution is -2.28. The molecule has 146 valence electrons. The molecule has 0 aliphatic rings. The first kappa shape index (κ1) is 20.6. The molecule has 0 bridgehead atoms. The topological polar surface area (TPSA) is 97.6 Å². The van der Waals surface area contributed by atoms with Gasteiger partial charge in [0.2, 0.25) is 0 Å². The Morgan fingerprint density at radius 2 is 1.86 bits per heavy atom. The number of amides is 1. The number of nitrogens with zero attached hydrogens (tertiary/aromatic N) is 1. The molecule has 2 rings (SSSR count). The first-order valence-corrected chi connectivity index (χ1v) is 7.98. The Bertz CT molecular complexity index is 879. The number of halogens is 2. The first-order valence-electron chi connectivity index (χ1n) is 7.98. The van der Waals surface area contributed by atoms with Crippen molar-refractivity contribution < 1.29 is 32.6 Å². The average Bonchev–Trinajstić information content (AvgIpc) is 2.70. The van der Waals surface area contributed by atoms with E-state index in [1.54, 1.807) is 0 Å². The fourth-order valence-electron chi connectivity index (χ4n) is 2.16. The van der Waals surface area contributed by atoms with Crippen molar-refractivity contribution in [3.05, 3.63) is 59.2 Å². The predicted octanol–water partition coefficient (Wildman–Crippen LogP) is 2.64. The zero-order valence-corrected chi connectivity index (χ0v) is 14.8. The fourth-order valence-corrected chi connectivity index (χ4v) is 2.16. The van der Waals surface area contributed by atoms with E-state index in [9.17, 15) is 18.4 Å². The highest BCUT2D eigenvalue weighted by atomic mass is 19.3. The number of methoxy groups -OCH3 is 1. The van der Waals surface area contributed by atoms with E-state index in [1.807, 2.05) is 6.07 Å². The number of hydrogen-bond acceptors (Lipinski definition) is 6. The van der Waals surface area contributed by atoms with Gasteiger partial charge >= 0.3 is 12.6 Å². The van der Waals surface area contributed by atoms with Gasteiger partial charge in [0.05, 0.1) is 24.3 Å². The van der Waals surface area contributed by atoms with E-state index in [4.69, 9.17) is 14.7 Å². The van der Waals surface area contributed by atoms with Gasteiger partial charge in [-0.05, 0) is 42.0 Å². The van der Waals surface area contributed by atoms with Crippen molar-refractivity contribution in [2.45, 2.75) is 13.2 Å². The molecule has 0 saturated heterocycles. The van der Waals surface area contributed by atoms with Crippen LogP contribution in [0.4, 0.5) is 8.78 Å². The summed E-state index contributed by atoms with van der Waals surface area (Å²) in [6.45, 7) is -3.41. The van der Waals surface area contributed by atoms with Gasteiger partial charge in [-0.25, -0.2) is 4.79 Å². The summed E-state index contributed by atoms with van der Waals surface area (Å²) in [5, 5.41) is 11.2. The van der Waals surface area contributed by atoms with Crippen LogP contribution < -0.4 is 14.8 Å². The molecule has 0 unspecified atom stereocenters. The minimum Gasteiger partial charge on any atom is -0.493 e. The van der Waals surface area contributed by atoms with Crippen LogP contribution in [0, 0.1) is 11.3 Å². The molecule has 0 atom stereocenters. The van der Waals surface area contributed by atoms with E-state index in [0.29, 0.717) is 11.1 Å². The third-order valence-electron chi connectivity index (χ3n) is 3.52. The Hall–Kier alpha value is -3.67. The summed E-state index contributed by atoms with van der Waals surface area (Å²) >= 11 is 0. The van der Waals surface area contributed by atoms with E-state index < -0.39 is 25.1 Å². The Morgan fingerprint density at radius 1 is 1.14 bits per heavy atom. The molecule has 2 aromatic rings. The summed E-state index contributed by atoms with van der Waals surface area (Å²) in [4.78, 5) is 23.7. The van der Waals surface area contributed by atoms with Crippen molar-refractivity contribution >= 4 is 11.9 Å². The van der Waals surface area contributed by atoms with E-state index in [1.165, 1.54) is 49.6 Å². The summed E-state index contributed by atoms with van der Waals surface area (Å²) < 4.78 is 38.8. The third-order valence-corrected chi connectivity index (χ3v) is 3.52. The van der Waals surface area contributed by atoms with E-state index in [-0.39, 0.29) is 23.6 Å². The smallest absolute Gasteiger partial charge is 0.387 e. The lowest BCUT2D eigenvalue weighted by Gasteiger charge is -2.12. The average molecular weight is 390 g/mol. The molecule has 28 heavy (non-hydrogen) atoms. The van der Waals surface area contributed by atoms with E-state index >= 15 is 0 Å². The molecule has 1 amide bonds. The van der Waals surface area contributed by atoms with Crippen LogP contribution in [0.1, 0.15) is 21.5 Å². The second-order valence-electron chi connectivity index (χ2n) is 5.41. The summed E-state index contributed by atoms with van der Waals surface area (Å²) in [5.41, 5.74) is 1.19. The van der Waals surface area contributed by atoms with E-state index in [2.05, 4.69) is 10.1 Å². The standard InChI is InChI=1S/C19H16F2N2O5/c1-26-16-8-13(4-7-15(16)28-19(20)21)10-23-17(24)11-27-18(25)14-5-2-12(9-22)3-6-14/h2-8,19H,10-11H2,1H3,(H,23,24). The maximum atomic E-state index is 12.3. The second-order valence-corrected chi connectivity index (χ2v) is 5.41. The van der Waals surface area contributed by atoms with Gasteiger partial charge in [-0.1, -0.05) is 6.07 Å². The summed E-state index contributed by atoms with van der Waals surface area (Å²) in [5.74, 6) is -1.27. The van der Waals surface area contributed by atoms with Crippen LogP contribution in [0.15, 0.2) is 42.5 Å². The van der Waals surface area contributed by atoms with Crippen LogP contribution in [0.2, 0.25) is 0 Å². The zero-order chi connectivity index (χ0) is 20.5. The number of carbonyl (C=O) groups is 2. The van der Waals surface area contributed by atoms with Crippen molar-refractivity contribution in [2.75, 3.05) is 13.7 Å². The highest BCUT2D eigenvalue weighted by Crippen LogP contribution is 2.29. The fraction of sp³-hybridized carbons (Fsp3) is 0.211. The highest BCUT2D eigenvalue weighted by molar-refractivity contribution is 5.91. The number of carbonyl (C=O) groups excluding carboxylic acids is 2. The molecular weight excluding hydrogens is 374 g/mol. The third kappa shape index (κ3) is 5.95. The van der Waals surface area contributed by atoms with Crippen LogP contribution in [0.25, 0.3) is 0 Å². The van der Waals surface area contributed by atoms with Crippen LogP contribution in [0.3, 0.4) is 0 Å². The number of esters is 1.